The second-order valence-electron chi connectivity index (χ2n) is 4.70. The minimum Gasteiger partial charge on any atom is -0.473 e. The van der Waals surface area contributed by atoms with E-state index in [1.807, 2.05) is 0 Å². The fraction of sp³-hybridized carbons (Fsp3) is 0.500. The number of pyridine rings is 1. The summed E-state index contributed by atoms with van der Waals surface area (Å²) in [5.74, 6) is -1.22. The quantitative estimate of drug-likeness (QED) is 0.918. The first kappa shape index (κ1) is 15.3. The van der Waals surface area contributed by atoms with Gasteiger partial charge < -0.3 is 10.5 Å². The molecule has 1 aromatic heterocycles. The molecule has 1 aromatic rings. The number of ether oxygens (including phenoxy) is 1. The molecule has 0 bridgehead atoms. The molecule has 4 nitrogen and oxygen atoms in total. The number of primary amides is 1. The second kappa shape index (κ2) is 5.07. The van der Waals surface area contributed by atoms with Gasteiger partial charge in [-0.2, -0.15) is 13.2 Å². The first-order chi connectivity index (χ1) is 8.56. The molecule has 0 aliphatic rings. The van der Waals surface area contributed by atoms with Crippen LogP contribution in [0, 0.1) is 5.41 Å². The van der Waals surface area contributed by atoms with Gasteiger partial charge in [0.1, 0.15) is 11.7 Å². The number of hydrogen-bond acceptors (Lipinski definition) is 3. The Labute approximate surface area is 108 Å². The Bertz CT molecular complexity index is 472. The number of hydrogen-bond donors (Lipinski definition) is 1. The maximum Gasteiger partial charge on any atom is 0.421 e. The van der Waals surface area contributed by atoms with Crippen molar-refractivity contribution in [1.29, 1.82) is 0 Å². The van der Waals surface area contributed by atoms with Crippen LogP contribution in [-0.2, 0) is 11.0 Å². The molecule has 1 atom stereocenters. The van der Waals surface area contributed by atoms with Gasteiger partial charge in [-0.15, -0.1) is 0 Å². The van der Waals surface area contributed by atoms with Crippen LogP contribution >= 0.6 is 0 Å². The van der Waals surface area contributed by atoms with E-state index in [0.717, 1.165) is 6.07 Å². The predicted molar refractivity (Wildman–Crippen MR) is 62.3 cm³/mol. The SMILES string of the molecule is CC(Oc1ncccc1C(F)(F)F)C(C)(C)C(N)=O. The Morgan fingerprint density at radius 3 is 2.47 bits per heavy atom. The summed E-state index contributed by atoms with van der Waals surface area (Å²) in [4.78, 5) is 14.8. The van der Waals surface area contributed by atoms with Crippen molar-refractivity contribution in [3.8, 4) is 5.88 Å². The lowest BCUT2D eigenvalue weighted by Gasteiger charge is -2.29. The fourth-order valence-corrected chi connectivity index (χ4v) is 1.22. The Balaban J connectivity index is 3.04. The van der Waals surface area contributed by atoms with E-state index in [0.29, 0.717) is 0 Å². The molecule has 0 radical (unpaired) electrons. The lowest BCUT2D eigenvalue weighted by Crippen LogP contribution is -2.43. The average molecular weight is 276 g/mol. The van der Waals surface area contributed by atoms with Crippen LogP contribution in [0.4, 0.5) is 13.2 Å². The number of carbonyl (C=O) groups excluding carboxylic acids is 1. The summed E-state index contributed by atoms with van der Waals surface area (Å²) in [5, 5.41) is 0. The fourth-order valence-electron chi connectivity index (χ4n) is 1.22. The van der Waals surface area contributed by atoms with Gasteiger partial charge in [0, 0.05) is 6.20 Å². The van der Waals surface area contributed by atoms with Gasteiger partial charge in [-0.25, -0.2) is 4.98 Å². The number of alkyl halides is 3. The molecule has 0 saturated heterocycles. The maximum atomic E-state index is 12.7. The molecule has 0 saturated carbocycles. The molecule has 1 amide bonds. The lowest BCUT2D eigenvalue weighted by molar-refractivity contribution is -0.140. The number of aromatic nitrogens is 1. The summed E-state index contributed by atoms with van der Waals surface area (Å²) in [5.41, 5.74) is 3.09. The van der Waals surface area contributed by atoms with E-state index in [-0.39, 0.29) is 0 Å². The number of amides is 1. The van der Waals surface area contributed by atoms with Gasteiger partial charge >= 0.3 is 6.18 Å². The van der Waals surface area contributed by atoms with Crippen LogP contribution in [0.15, 0.2) is 18.3 Å². The molecule has 1 heterocycles. The molecule has 0 spiro atoms. The zero-order valence-corrected chi connectivity index (χ0v) is 10.8. The van der Waals surface area contributed by atoms with Crippen molar-refractivity contribution in [2.45, 2.75) is 33.1 Å². The van der Waals surface area contributed by atoms with Crippen molar-refractivity contribution in [3.05, 3.63) is 23.9 Å². The lowest BCUT2D eigenvalue weighted by atomic mass is 9.87. The highest BCUT2D eigenvalue weighted by Gasteiger charge is 2.38. The highest BCUT2D eigenvalue weighted by Crippen LogP contribution is 2.36. The Hall–Kier alpha value is -1.79. The normalized spacial score (nSPS) is 14.0. The van der Waals surface area contributed by atoms with E-state index in [1.54, 1.807) is 0 Å². The van der Waals surface area contributed by atoms with Crippen molar-refractivity contribution in [1.82, 2.24) is 4.98 Å². The molecular formula is C12H15F3N2O2. The molecule has 7 heteroatoms. The minimum atomic E-state index is -4.57. The summed E-state index contributed by atoms with van der Waals surface area (Å²) in [7, 11) is 0. The molecule has 0 fully saturated rings. The number of carbonyl (C=O) groups is 1. The largest absolute Gasteiger partial charge is 0.473 e. The van der Waals surface area contributed by atoms with E-state index in [2.05, 4.69) is 4.98 Å². The monoisotopic (exact) mass is 276 g/mol. The van der Waals surface area contributed by atoms with Gasteiger partial charge in [-0.05, 0) is 32.9 Å². The topological polar surface area (TPSA) is 65.2 Å². The van der Waals surface area contributed by atoms with E-state index < -0.39 is 35.0 Å². The Morgan fingerprint density at radius 1 is 1.42 bits per heavy atom. The van der Waals surface area contributed by atoms with Gasteiger partial charge in [0.05, 0.1) is 5.41 Å². The molecular weight excluding hydrogens is 261 g/mol. The third kappa shape index (κ3) is 3.36. The number of halogens is 3. The molecule has 0 aliphatic heterocycles. The van der Waals surface area contributed by atoms with Gasteiger partial charge in [-0.3, -0.25) is 4.79 Å². The van der Waals surface area contributed by atoms with Crippen molar-refractivity contribution < 1.29 is 22.7 Å². The number of nitrogens with two attached hydrogens (primary N) is 1. The van der Waals surface area contributed by atoms with Crippen LogP contribution in [0.5, 0.6) is 5.88 Å². The smallest absolute Gasteiger partial charge is 0.421 e. The zero-order valence-electron chi connectivity index (χ0n) is 10.8. The summed E-state index contributed by atoms with van der Waals surface area (Å²) in [6.07, 6.45) is -4.23. The summed E-state index contributed by atoms with van der Waals surface area (Å²) in [6.45, 7) is 4.46. The van der Waals surface area contributed by atoms with E-state index >= 15 is 0 Å². The summed E-state index contributed by atoms with van der Waals surface area (Å²) in [6, 6.07) is 2.03. The molecule has 19 heavy (non-hydrogen) atoms. The van der Waals surface area contributed by atoms with Crippen LogP contribution in [0.3, 0.4) is 0 Å². The van der Waals surface area contributed by atoms with Gasteiger partial charge in [0.15, 0.2) is 0 Å². The van der Waals surface area contributed by atoms with Crippen LogP contribution in [0.1, 0.15) is 26.3 Å². The standard InChI is InChI=1S/C12H15F3N2O2/c1-7(11(2,3)10(16)18)19-9-8(12(13,14)15)5-4-6-17-9/h4-7H,1-3H3,(H2,16,18). The van der Waals surface area contributed by atoms with Crippen LogP contribution < -0.4 is 10.5 Å². The predicted octanol–water partition coefficient (Wildman–Crippen LogP) is 2.38. The van der Waals surface area contributed by atoms with Crippen molar-refractivity contribution in [2.24, 2.45) is 11.1 Å². The van der Waals surface area contributed by atoms with E-state index in [4.69, 9.17) is 10.5 Å². The molecule has 0 aromatic carbocycles. The first-order valence-electron chi connectivity index (χ1n) is 5.55. The highest BCUT2D eigenvalue weighted by atomic mass is 19.4. The van der Waals surface area contributed by atoms with Crippen molar-refractivity contribution >= 4 is 5.91 Å². The van der Waals surface area contributed by atoms with Crippen LogP contribution in [-0.4, -0.2) is 17.0 Å². The number of rotatable bonds is 4. The van der Waals surface area contributed by atoms with Gasteiger partial charge in [-0.1, -0.05) is 0 Å². The van der Waals surface area contributed by atoms with Crippen molar-refractivity contribution in [3.63, 3.8) is 0 Å². The van der Waals surface area contributed by atoms with E-state index in [9.17, 15) is 18.0 Å². The van der Waals surface area contributed by atoms with E-state index in [1.165, 1.54) is 33.0 Å². The average Bonchev–Trinajstić information content (AvgIpc) is 2.27. The van der Waals surface area contributed by atoms with Crippen LogP contribution in [0.25, 0.3) is 0 Å². The van der Waals surface area contributed by atoms with Crippen molar-refractivity contribution in [2.75, 3.05) is 0 Å². The molecule has 1 rings (SSSR count). The van der Waals surface area contributed by atoms with Crippen LogP contribution in [0.2, 0.25) is 0 Å². The highest BCUT2D eigenvalue weighted by molar-refractivity contribution is 5.80. The maximum absolute atomic E-state index is 12.7. The first-order valence-corrected chi connectivity index (χ1v) is 5.55. The zero-order chi connectivity index (χ0) is 14.8. The second-order valence-corrected chi connectivity index (χ2v) is 4.70. The number of nitrogens with zero attached hydrogens (tertiary/aromatic N) is 1. The molecule has 106 valence electrons. The third-order valence-corrected chi connectivity index (χ3v) is 3.02. The summed E-state index contributed by atoms with van der Waals surface area (Å²) < 4.78 is 43.4. The third-order valence-electron chi connectivity index (χ3n) is 3.02. The van der Waals surface area contributed by atoms with Gasteiger partial charge in [0.2, 0.25) is 11.8 Å². The molecule has 1 unspecified atom stereocenters. The Morgan fingerprint density at radius 2 is 2.00 bits per heavy atom. The Kier molecular flexibility index (Phi) is 4.07. The minimum absolute atomic E-state index is 0.558. The summed E-state index contributed by atoms with van der Waals surface area (Å²) >= 11 is 0. The van der Waals surface area contributed by atoms with Gasteiger partial charge in [0.25, 0.3) is 0 Å². The molecule has 2 N–H and O–H groups in total. The molecule has 0 aliphatic carbocycles.